The largest absolute Gasteiger partial charge is 0.465 e. The molecule has 0 amide bonds. The highest BCUT2D eigenvalue weighted by atomic mass is 32.2. The van der Waals surface area contributed by atoms with Crippen LogP contribution in [0.3, 0.4) is 0 Å². The van der Waals surface area contributed by atoms with Crippen molar-refractivity contribution in [3.8, 4) is 11.5 Å². The zero-order chi connectivity index (χ0) is 22.8. The molecule has 0 atom stereocenters. The molecule has 0 radical (unpaired) electrons. The van der Waals surface area contributed by atoms with Gasteiger partial charge in [0.15, 0.2) is 11.5 Å². The summed E-state index contributed by atoms with van der Waals surface area (Å²) in [7, 11) is 1.17. The molecule has 0 N–H and O–H groups in total. The predicted molar refractivity (Wildman–Crippen MR) is 109 cm³/mol. The van der Waals surface area contributed by atoms with Crippen LogP contribution < -0.4 is 9.47 Å². The molecule has 0 saturated heterocycles. The lowest BCUT2D eigenvalue weighted by Crippen LogP contribution is -2.14. The number of nitrogens with zero attached hydrogens (tertiary/aromatic N) is 1. The van der Waals surface area contributed by atoms with Gasteiger partial charge in [0.05, 0.1) is 19.3 Å². The maximum atomic E-state index is 12.5. The normalized spacial score (nSPS) is 10.1. The van der Waals surface area contributed by atoms with Crippen molar-refractivity contribution in [2.24, 2.45) is 0 Å². The first-order valence-electron chi connectivity index (χ1n) is 8.94. The summed E-state index contributed by atoms with van der Waals surface area (Å²) in [6.45, 7) is 1.17. The van der Waals surface area contributed by atoms with Gasteiger partial charge in [-0.1, -0.05) is 6.07 Å². The third-order valence-corrected chi connectivity index (χ3v) is 4.78. The van der Waals surface area contributed by atoms with Crippen LogP contribution in [0, 0.1) is 10.1 Å². The molecule has 0 spiro atoms. The van der Waals surface area contributed by atoms with Gasteiger partial charge in [0.2, 0.25) is 0 Å². The number of hydrogen-bond donors (Lipinski definition) is 0. The van der Waals surface area contributed by atoms with Crippen molar-refractivity contribution in [3.05, 3.63) is 63.7 Å². The number of carbonyl (C=O) groups excluding carboxylic acids is 3. The second-order valence-corrected chi connectivity index (χ2v) is 7.06. The summed E-state index contributed by atoms with van der Waals surface area (Å²) in [4.78, 5) is 51.0. The van der Waals surface area contributed by atoms with Crippen LogP contribution in [0.25, 0.3) is 0 Å². The number of benzene rings is 2. The smallest absolute Gasteiger partial charge is 0.343 e. The predicted octanol–water partition coefficient (Wildman–Crippen LogP) is 3.31. The van der Waals surface area contributed by atoms with Crippen LogP contribution >= 0.6 is 11.8 Å². The highest BCUT2D eigenvalue weighted by Gasteiger charge is 2.22. The summed E-state index contributed by atoms with van der Waals surface area (Å²) in [5.41, 5.74) is 0.175. The van der Waals surface area contributed by atoms with Crippen molar-refractivity contribution in [3.63, 3.8) is 0 Å². The molecule has 11 heteroatoms. The Hall–Kier alpha value is -3.60. The Morgan fingerprint density at radius 2 is 1.74 bits per heavy atom. The lowest BCUT2D eigenvalue weighted by molar-refractivity contribution is -0.757. The molecule has 31 heavy (non-hydrogen) atoms. The molecule has 0 saturated carbocycles. The number of carbonyl (C=O) groups is 3. The van der Waals surface area contributed by atoms with Crippen LogP contribution in [0.4, 0.5) is 0 Å². The molecule has 2 rings (SSSR count). The van der Waals surface area contributed by atoms with Crippen molar-refractivity contribution < 1.29 is 38.5 Å². The number of para-hydroxylation sites is 1. The lowest BCUT2D eigenvalue weighted by atomic mass is 10.2. The maximum absolute atomic E-state index is 12.5. The SMILES string of the molecule is COC(=O)c1cccc(OC(=O)c2ccc(SCCCO[N+](=O)[O-])cc2)c1OC(C)=O. The summed E-state index contributed by atoms with van der Waals surface area (Å²) < 4.78 is 15.1. The van der Waals surface area contributed by atoms with E-state index in [1.54, 1.807) is 24.3 Å². The Morgan fingerprint density at radius 3 is 2.35 bits per heavy atom. The number of hydrogen-bond acceptors (Lipinski definition) is 10. The summed E-state index contributed by atoms with van der Waals surface area (Å²) in [5.74, 6) is -1.88. The van der Waals surface area contributed by atoms with Gasteiger partial charge in [0.25, 0.3) is 5.09 Å². The van der Waals surface area contributed by atoms with Gasteiger partial charge >= 0.3 is 17.9 Å². The maximum Gasteiger partial charge on any atom is 0.343 e. The van der Waals surface area contributed by atoms with Gasteiger partial charge in [-0.25, -0.2) is 9.59 Å². The first-order chi connectivity index (χ1) is 14.8. The topological polar surface area (TPSA) is 131 Å². The van der Waals surface area contributed by atoms with Crippen LogP contribution in [-0.2, 0) is 14.4 Å². The number of ether oxygens (including phenoxy) is 3. The van der Waals surface area contributed by atoms with Gasteiger partial charge < -0.3 is 19.0 Å². The Kier molecular flexibility index (Phi) is 8.82. The number of esters is 3. The van der Waals surface area contributed by atoms with E-state index in [-0.39, 0.29) is 29.2 Å². The Labute approximate surface area is 181 Å². The molecule has 10 nitrogen and oxygen atoms in total. The molecular formula is C20H19NO9S. The fourth-order valence-corrected chi connectivity index (χ4v) is 3.18. The first-order valence-corrected chi connectivity index (χ1v) is 9.92. The molecule has 0 aliphatic heterocycles. The molecule has 0 fully saturated rings. The highest BCUT2D eigenvalue weighted by Crippen LogP contribution is 2.33. The quantitative estimate of drug-likeness (QED) is 0.133. The fourth-order valence-electron chi connectivity index (χ4n) is 2.35. The van der Waals surface area contributed by atoms with E-state index in [9.17, 15) is 24.5 Å². The van der Waals surface area contributed by atoms with Crippen molar-refractivity contribution in [2.45, 2.75) is 18.2 Å². The minimum Gasteiger partial charge on any atom is -0.465 e. The van der Waals surface area contributed by atoms with Crippen LogP contribution in [0.1, 0.15) is 34.1 Å². The molecule has 2 aromatic carbocycles. The summed E-state index contributed by atoms with van der Waals surface area (Å²) >= 11 is 1.45. The summed E-state index contributed by atoms with van der Waals surface area (Å²) in [5, 5.41) is 9.26. The van der Waals surface area contributed by atoms with Crippen LogP contribution in [0.15, 0.2) is 47.4 Å². The average Bonchev–Trinajstić information content (AvgIpc) is 2.74. The van der Waals surface area contributed by atoms with Gasteiger partial charge in [0, 0.05) is 11.8 Å². The van der Waals surface area contributed by atoms with E-state index in [4.69, 9.17) is 9.47 Å². The molecular weight excluding hydrogens is 430 g/mol. The van der Waals surface area contributed by atoms with Crippen molar-refractivity contribution >= 4 is 29.7 Å². The van der Waals surface area contributed by atoms with E-state index < -0.39 is 23.0 Å². The first kappa shape index (κ1) is 23.7. The molecule has 2 aromatic rings. The molecule has 164 valence electrons. The van der Waals surface area contributed by atoms with Gasteiger partial charge in [-0.3, -0.25) is 4.79 Å². The van der Waals surface area contributed by atoms with Crippen LogP contribution in [0.2, 0.25) is 0 Å². The molecule has 0 aromatic heterocycles. The molecule has 0 unspecified atom stereocenters. The van der Waals surface area contributed by atoms with Crippen molar-refractivity contribution in [1.82, 2.24) is 0 Å². The van der Waals surface area contributed by atoms with E-state index in [1.807, 2.05) is 0 Å². The Balaban J connectivity index is 2.07. The van der Waals surface area contributed by atoms with Gasteiger partial charge in [-0.2, -0.15) is 0 Å². The van der Waals surface area contributed by atoms with E-state index in [0.29, 0.717) is 12.2 Å². The molecule has 0 bridgehead atoms. The zero-order valence-corrected chi connectivity index (χ0v) is 17.5. The van der Waals surface area contributed by atoms with Gasteiger partial charge in [-0.05, 0) is 48.6 Å². The number of rotatable bonds is 10. The third kappa shape index (κ3) is 7.30. The van der Waals surface area contributed by atoms with E-state index in [1.165, 1.54) is 37.1 Å². The monoisotopic (exact) mass is 449 g/mol. The molecule has 0 aliphatic carbocycles. The highest BCUT2D eigenvalue weighted by molar-refractivity contribution is 7.99. The molecule has 0 heterocycles. The average molecular weight is 449 g/mol. The number of methoxy groups -OCH3 is 1. The summed E-state index contributed by atoms with van der Waals surface area (Å²) in [6.07, 6.45) is 0.491. The van der Waals surface area contributed by atoms with Gasteiger partial charge in [0.1, 0.15) is 5.56 Å². The summed E-state index contributed by atoms with van der Waals surface area (Å²) in [6, 6.07) is 10.7. The zero-order valence-electron chi connectivity index (χ0n) is 16.7. The minimum atomic E-state index is -0.835. The third-order valence-electron chi connectivity index (χ3n) is 3.68. The second kappa shape index (κ2) is 11.6. The van der Waals surface area contributed by atoms with E-state index in [2.05, 4.69) is 9.57 Å². The van der Waals surface area contributed by atoms with Crippen LogP contribution in [0.5, 0.6) is 11.5 Å². The van der Waals surface area contributed by atoms with Gasteiger partial charge in [-0.15, -0.1) is 21.9 Å². The Bertz CT molecular complexity index is 960. The lowest BCUT2D eigenvalue weighted by Gasteiger charge is -2.13. The minimum absolute atomic E-state index is 0.0136. The van der Waals surface area contributed by atoms with E-state index in [0.717, 1.165) is 11.8 Å². The fraction of sp³-hybridized carbons (Fsp3) is 0.250. The second-order valence-electron chi connectivity index (χ2n) is 5.89. The standard InChI is InChI=1S/C20H19NO9S/c1-13(22)29-18-16(20(24)27-2)5-3-6-17(18)30-19(23)14-7-9-15(10-8-14)31-12-4-11-28-21(25)26/h3,5-10H,4,11-12H2,1-2H3. The Morgan fingerprint density at radius 1 is 1.03 bits per heavy atom. The number of thioether (sulfide) groups is 1. The van der Waals surface area contributed by atoms with Crippen molar-refractivity contribution in [1.29, 1.82) is 0 Å². The van der Waals surface area contributed by atoms with Crippen LogP contribution in [-0.4, -0.2) is 42.5 Å². The van der Waals surface area contributed by atoms with Crippen molar-refractivity contribution in [2.75, 3.05) is 19.5 Å². The molecule has 0 aliphatic rings. The van der Waals surface area contributed by atoms with E-state index >= 15 is 0 Å².